The molecular weight excluding hydrogens is 431 g/mol. The van der Waals surface area contributed by atoms with E-state index in [2.05, 4.69) is 15.5 Å². The number of fused-ring (bicyclic) bond motifs is 1. The number of para-hydroxylation sites is 1. The second-order valence-corrected chi connectivity index (χ2v) is 8.32. The number of rotatable bonds is 6. The van der Waals surface area contributed by atoms with Crippen molar-refractivity contribution in [2.75, 3.05) is 18.5 Å². The van der Waals surface area contributed by atoms with Crippen LogP contribution in [0.3, 0.4) is 0 Å². The topological polar surface area (TPSA) is 73.8 Å². The fourth-order valence-corrected chi connectivity index (χ4v) is 4.00. The summed E-state index contributed by atoms with van der Waals surface area (Å²) in [4.78, 5) is 32.2. The zero-order valence-electron chi connectivity index (χ0n) is 19.2. The number of carbonyl (C=O) groups is 2. The molecule has 0 saturated heterocycles. The van der Waals surface area contributed by atoms with Crippen LogP contribution >= 0.6 is 0 Å². The van der Waals surface area contributed by atoms with Gasteiger partial charge in [0.1, 0.15) is 18.0 Å². The molecule has 7 heteroatoms. The van der Waals surface area contributed by atoms with Gasteiger partial charge in [0.25, 0.3) is 0 Å². The predicted octanol–water partition coefficient (Wildman–Crippen LogP) is 3.30. The molecule has 2 atom stereocenters. The number of benzodiazepines with no additional fused rings is 1. The molecule has 0 radical (unpaired) electrons. The van der Waals surface area contributed by atoms with Crippen molar-refractivity contribution in [3.05, 3.63) is 101 Å². The first-order valence-electron chi connectivity index (χ1n) is 11.2. The summed E-state index contributed by atoms with van der Waals surface area (Å²) in [6.07, 6.45) is -0.659. The van der Waals surface area contributed by atoms with E-state index in [0.29, 0.717) is 6.54 Å². The molecule has 0 spiro atoms. The summed E-state index contributed by atoms with van der Waals surface area (Å²) in [5, 5.41) is 5.60. The van der Waals surface area contributed by atoms with Crippen LogP contribution in [0, 0.1) is 5.82 Å². The Morgan fingerprint density at radius 3 is 2.47 bits per heavy atom. The second kappa shape index (κ2) is 10.3. The van der Waals surface area contributed by atoms with Crippen molar-refractivity contribution in [2.24, 2.45) is 4.99 Å². The van der Waals surface area contributed by atoms with Crippen molar-refractivity contribution in [1.29, 1.82) is 0 Å². The third-order valence-corrected chi connectivity index (χ3v) is 5.74. The number of carbonyl (C=O) groups excluding carboxylic acids is 2. The highest BCUT2D eigenvalue weighted by molar-refractivity contribution is 6.16. The maximum atomic E-state index is 13.8. The van der Waals surface area contributed by atoms with Crippen LogP contribution in [0.15, 0.2) is 83.9 Å². The van der Waals surface area contributed by atoms with E-state index in [0.717, 1.165) is 22.5 Å². The van der Waals surface area contributed by atoms with Crippen LogP contribution in [-0.4, -0.2) is 43.3 Å². The molecule has 174 valence electrons. The summed E-state index contributed by atoms with van der Waals surface area (Å²) in [6.45, 7) is 2.07. The Hall–Kier alpha value is -4.00. The predicted molar refractivity (Wildman–Crippen MR) is 131 cm³/mol. The highest BCUT2D eigenvalue weighted by Gasteiger charge is 2.25. The number of hydrogen-bond donors (Lipinski definition) is 2. The molecule has 3 aromatic carbocycles. The molecule has 0 saturated carbocycles. The molecular formula is C27H27FN4O2. The standard InChI is InChI=1S/C27H27FN4O2/c1-18(29-25(33)16-20-12-6-8-14-22(20)28)27(34)31-24-17-32(2)23-15-9-7-13-21(23)26(30-24)19-10-4-3-5-11-19/h3-15,18,24H,16-17H2,1-2H3,(H,29,33)(H,31,34)/t18-,24+/m0/s1. The summed E-state index contributed by atoms with van der Waals surface area (Å²) >= 11 is 0. The minimum absolute atomic E-state index is 0.137. The minimum atomic E-state index is -0.800. The lowest BCUT2D eigenvalue weighted by atomic mass is 10.0. The van der Waals surface area contributed by atoms with Gasteiger partial charge in [-0.05, 0) is 24.6 Å². The van der Waals surface area contributed by atoms with Gasteiger partial charge >= 0.3 is 0 Å². The Morgan fingerprint density at radius 1 is 1.03 bits per heavy atom. The number of halogens is 1. The number of anilines is 1. The zero-order valence-corrected chi connectivity index (χ0v) is 19.2. The Labute approximate surface area is 198 Å². The summed E-state index contributed by atoms with van der Waals surface area (Å²) < 4.78 is 13.8. The third kappa shape index (κ3) is 5.31. The largest absolute Gasteiger partial charge is 0.370 e. The van der Waals surface area contributed by atoms with Gasteiger partial charge in [-0.3, -0.25) is 14.6 Å². The lowest BCUT2D eigenvalue weighted by Gasteiger charge is -2.24. The van der Waals surface area contributed by atoms with E-state index in [1.807, 2.05) is 61.6 Å². The van der Waals surface area contributed by atoms with Crippen LogP contribution < -0.4 is 15.5 Å². The van der Waals surface area contributed by atoms with Crippen LogP contribution in [0.1, 0.15) is 23.6 Å². The maximum absolute atomic E-state index is 13.8. The quantitative estimate of drug-likeness (QED) is 0.595. The van der Waals surface area contributed by atoms with Gasteiger partial charge in [0, 0.05) is 23.9 Å². The van der Waals surface area contributed by atoms with Crippen molar-refractivity contribution in [3.8, 4) is 0 Å². The number of likely N-dealkylation sites (N-methyl/N-ethyl adjacent to an activating group) is 1. The van der Waals surface area contributed by atoms with Crippen LogP contribution in [0.25, 0.3) is 0 Å². The molecule has 1 heterocycles. The first-order chi connectivity index (χ1) is 16.4. The second-order valence-electron chi connectivity index (χ2n) is 8.32. The Balaban J connectivity index is 1.49. The third-order valence-electron chi connectivity index (χ3n) is 5.74. The molecule has 0 bridgehead atoms. The van der Waals surface area contributed by atoms with Crippen molar-refractivity contribution in [1.82, 2.24) is 10.6 Å². The zero-order chi connectivity index (χ0) is 24.1. The van der Waals surface area contributed by atoms with Crippen LogP contribution in [0.5, 0.6) is 0 Å². The van der Waals surface area contributed by atoms with E-state index in [1.165, 1.54) is 6.07 Å². The highest BCUT2D eigenvalue weighted by atomic mass is 19.1. The number of aliphatic imine (C=N–C) groups is 1. The summed E-state index contributed by atoms with van der Waals surface area (Å²) in [6, 6.07) is 23.1. The van der Waals surface area contributed by atoms with E-state index in [4.69, 9.17) is 4.99 Å². The molecule has 2 amide bonds. The van der Waals surface area contributed by atoms with Gasteiger partial charge in [0.15, 0.2) is 0 Å². The molecule has 3 aromatic rings. The summed E-state index contributed by atoms with van der Waals surface area (Å²) in [7, 11) is 1.96. The molecule has 0 aromatic heterocycles. The SMILES string of the molecule is C[C@H](NC(=O)Cc1ccccc1F)C(=O)N[C@@H]1CN(C)c2ccccc2C(c2ccccc2)=N1. The Kier molecular flexibility index (Phi) is 7.01. The molecule has 1 aliphatic rings. The van der Waals surface area contributed by atoms with E-state index in [9.17, 15) is 14.0 Å². The molecule has 2 N–H and O–H groups in total. The van der Waals surface area contributed by atoms with Gasteiger partial charge in [-0.15, -0.1) is 0 Å². The Morgan fingerprint density at radius 2 is 1.71 bits per heavy atom. The van der Waals surface area contributed by atoms with E-state index in [1.54, 1.807) is 25.1 Å². The summed E-state index contributed by atoms with van der Waals surface area (Å²) in [5.74, 6) is -1.23. The first kappa shape index (κ1) is 23.2. The van der Waals surface area contributed by atoms with Crippen LogP contribution in [-0.2, 0) is 16.0 Å². The van der Waals surface area contributed by atoms with Gasteiger partial charge in [-0.1, -0.05) is 66.7 Å². The molecule has 0 aliphatic carbocycles. The average Bonchev–Trinajstić information content (AvgIpc) is 2.97. The van der Waals surface area contributed by atoms with E-state index >= 15 is 0 Å². The van der Waals surface area contributed by atoms with Crippen molar-refractivity contribution < 1.29 is 14.0 Å². The van der Waals surface area contributed by atoms with Crippen LogP contribution in [0.2, 0.25) is 0 Å². The number of nitrogens with one attached hydrogen (secondary N) is 2. The van der Waals surface area contributed by atoms with E-state index < -0.39 is 23.9 Å². The van der Waals surface area contributed by atoms with Gasteiger partial charge in [0.05, 0.1) is 18.7 Å². The molecule has 6 nitrogen and oxygen atoms in total. The number of benzene rings is 3. The van der Waals surface area contributed by atoms with E-state index in [-0.39, 0.29) is 17.9 Å². The normalized spacial score (nSPS) is 16.0. The van der Waals surface area contributed by atoms with Crippen molar-refractivity contribution in [3.63, 3.8) is 0 Å². The monoisotopic (exact) mass is 458 g/mol. The minimum Gasteiger partial charge on any atom is -0.370 e. The fourth-order valence-electron chi connectivity index (χ4n) is 4.00. The van der Waals surface area contributed by atoms with Gasteiger partial charge in [0.2, 0.25) is 11.8 Å². The lowest BCUT2D eigenvalue weighted by molar-refractivity contribution is -0.128. The van der Waals surface area contributed by atoms with Crippen molar-refractivity contribution >= 4 is 23.2 Å². The summed E-state index contributed by atoms with van der Waals surface area (Å²) in [5.41, 5.74) is 4.04. The van der Waals surface area contributed by atoms with Gasteiger partial charge in [-0.25, -0.2) is 4.39 Å². The molecule has 34 heavy (non-hydrogen) atoms. The van der Waals surface area contributed by atoms with Crippen molar-refractivity contribution in [2.45, 2.75) is 25.6 Å². The molecule has 0 fully saturated rings. The van der Waals surface area contributed by atoms with Gasteiger partial charge in [-0.2, -0.15) is 0 Å². The fraction of sp³-hybridized carbons (Fsp3) is 0.222. The maximum Gasteiger partial charge on any atom is 0.243 e. The van der Waals surface area contributed by atoms with Gasteiger partial charge < -0.3 is 15.5 Å². The smallest absolute Gasteiger partial charge is 0.243 e. The molecule has 1 aliphatic heterocycles. The molecule has 4 rings (SSSR count). The van der Waals surface area contributed by atoms with Crippen LogP contribution in [0.4, 0.5) is 10.1 Å². The average molecular weight is 459 g/mol. The lowest BCUT2D eigenvalue weighted by Crippen LogP contribution is -2.50. The Bertz CT molecular complexity index is 1210. The number of hydrogen-bond acceptors (Lipinski definition) is 4. The number of nitrogens with zero attached hydrogens (tertiary/aromatic N) is 2. The first-order valence-corrected chi connectivity index (χ1v) is 11.2. The number of amides is 2. The molecule has 0 unspecified atom stereocenters. The highest BCUT2D eigenvalue weighted by Crippen LogP contribution is 2.26.